The van der Waals surface area contributed by atoms with Crippen LogP contribution in [0.15, 0.2) is 18.2 Å². The van der Waals surface area contributed by atoms with E-state index in [-0.39, 0.29) is 18.3 Å². The van der Waals surface area contributed by atoms with E-state index in [1.807, 2.05) is 0 Å². The zero-order valence-corrected chi connectivity index (χ0v) is 8.83. The van der Waals surface area contributed by atoms with E-state index >= 15 is 0 Å². The summed E-state index contributed by atoms with van der Waals surface area (Å²) in [6.45, 7) is 0.262. The van der Waals surface area contributed by atoms with Gasteiger partial charge in [0.15, 0.2) is 0 Å². The molecule has 1 N–H and O–H groups in total. The van der Waals surface area contributed by atoms with Crippen molar-refractivity contribution in [2.75, 3.05) is 20.3 Å². The van der Waals surface area contributed by atoms with Gasteiger partial charge in [0.1, 0.15) is 24.3 Å². The molecule has 0 aliphatic carbocycles. The van der Waals surface area contributed by atoms with Crippen molar-refractivity contribution in [3.05, 3.63) is 29.6 Å². The average molecular weight is 225 g/mol. The predicted octanol–water partition coefficient (Wildman–Crippen LogP) is 1.02. The van der Waals surface area contributed by atoms with Crippen LogP contribution in [0.2, 0.25) is 0 Å². The number of rotatable bonds is 2. The molecule has 1 aromatic rings. The number of nitrogens with one attached hydrogen (secondary N) is 1. The highest BCUT2D eigenvalue weighted by Crippen LogP contribution is 2.25. The maximum absolute atomic E-state index is 13.6. The van der Waals surface area contributed by atoms with Crippen molar-refractivity contribution >= 4 is 5.91 Å². The molecule has 0 spiro atoms. The largest absolute Gasteiger partial charge is 0.497 e. The third-order valence-corrected chi connectivity index (χ3v) is 2.45. The maximum Gasteiger partial charge on any atom is 0.246 e. The van der Waals surface area contributed by atoms with Gasteiger partial charge in [-0.15, -0.1) is 0 Å². The molecular formula is C11H12FNO3. The number of ether oxygens (including phenoxy) is 2. The van der Waals surface area contributed by atoms with E-state index in [0.29, 0.717) is 17.9 Å². The van der Waals surface area contributed by atoms with Gasteiger partial charge in [0.05, 0.1) is 7.11 Å². The van der Waals surface area contributed by atoms with Crippen LogP contribution in [0, 0.1) is 5.82 Å². The Bertz CT molecular complexity index is 398. The molecule has 1 amide bonds. The minimum atomic E-state index is -0.427. The van der Waals surface area contributed by atoms with E-state index in [9.17, 15) is 9.18 Å². The highest BCUT2D eigenvalue weighted by molar-refractivity contribution is 5.77. The Labute approximate surface area is 92.4 Å². The summed E-state index contributed by atoms with van der Waals surface area (Å²) in [5.41, 5.74) is 0.431. The lowest BCUT2D eigenvalue weighted by Crippen LogP contribution is -2.38. The normalized spacial score (nSPS) is 20.4. The molecular weight excluding hydrogens is 213 g/mol. The molecule has 0 unspecified atom stereocenters. The van der Waals surface area contributed by atoms with Crippen molar-refractivity contribution in [3.8, 4) is 5.75 Å². The van der Waals surface area contributed by atoms with E-state index in [0.717, 1.165) is 0 Å². The Morgan fingerprint density at radius 2 is 2.38 bits per heavy atom. The van der Waals surface area contributed by atoms with Gasteiger partial charge >= 0.3 is 0 Å². The molecule has 1 fully saturated rings. The van der Waals surface area contributed by atoms with Crippen LogP contribution < -0.4 is 10.1 Å². The summed E-state index contributed by atoms with van der Waals surface area (Å²) in [6, 6.07) is 4.57. The highest BCUT2D eigenvalue weighted by Gasteiger charge is 2.22. The number of hydrogen-bond acceptors (Lipinski definition) is 3. The number of benzene rings is 1. The Hall–Kier alpha value is -1.62. The summed E-state index contributed by atoms with van der Waals surface area (Å²) in [5, 5.41) is 2.62. The molecule has 16 heavy (non-hydrogen) atoms. The van der Waals surface area contributed by atoms with E-state index < -0.39 is 6.10 Å². The summed E-state index contributed by atoms with van der Waals surface area (Å²) >= 11 is 0. The van der Waals surface area contributed by atoms with Crippen molar-refractivity contribution in [1.29, 1.82) is 0 Å². The van der Waals surface area contributed by atoms with Crippen LogP contribution in [0.1, 0.15) is 11.7 Å². The standard InChI is InChI=1S/C11H12FNO3/c1-15-7-2-3-8(9(12)4-7)10-5-13-11(14)6-16-10/h2-4,10H,5-6H2,1H3,(H,13,14)/t10-/m0/s1. The number of hydrogen-bond donors (Lipinski definition) is 1. The molecule has 4 nitrogen and oxygen atoms in total. The zero-order valence-electron chi connectivity index (χ0n) is 8.83. The molecule has 0 saturated carbocycles. The van der Waals surface area contributed by atoms with Crippen LogP contribution in [0.5, 0.6) is 5.75 Å². The molecule has 1 aliphatic heterocycles. The van der Waals surface area contributed by atoms with Gasteiger partial charge in [0, 0.05) is 18.2 Å². The quantitative estimate of drug-likeness (QED) is 0.817. The number of amides is 1. The monoisotopic (exact) mass is 225 g/mol. The summed E-state index contributed by atoms with van der Waals surface area (Å²) in [6.07, 6.45) is -0.427. The Kier molecular flexibility index (Phi) is 3.05. The maximum atomic E-state index is 13.6. The van der Waals surface area contributed by atoms with E-state index in [1.54, 1.807) is 12.1 Å². The van der Waals surface area contributed by atoms with Crippen LogP contribution in [-0.4, -0.2) is 26.2 Å². The molecule has 1 saturated heterocycles. The van der Waals surface area contributed by atoms with Crippen molar-refractivity contribution < 1.29 is 18.7 Å². The van der Waals surface area contributed by atoms with E-state index in [2.05, 4.69) is 5.32 Å². The first-order chi connectivity index (χ1) is 7.70. The molecule has 5 heteroatoms. The molecule has 86 valence electrons. The topological polar surface area (TPSA) is 47.6 Å². The van der Waals surface area contributed by atoms with Crippen LogP contribution in [0.25, 0.3) is 0 Å². The molecule has 0 bridgehead atoms. The number of halogens is 1. The highest BCUT2D eigenvalue weighted by atomic mass is 19.1. The van der Waals surface area contributed by atoms with Gasteiger partial charge in [-0.1, -0.05) is 0 Å². The minimum Gasteiger partial charge on any atom is -0.497 e. The average Bonchev–Trinajstić information content (AvgIpc) is 2.30. The first-order valence-corrected chi connectivity index (χ1v) is 4.92. The molecule has 1 aliphatic rings. The van der Waals surface area contributed by atoms with Gasteiger partial charge in [-0.25, -0.2) is 4.39 Å². The lowest BCUT2D eigenvalue weighted by atomic mass is 10.1. The molecule has 1 atom stereocenters. The van der Waals surface area contributed by atoms with Gasteiger partial charge in [-0.3, -0.25) is 4.79 Å². The molecule has 2 rings (SSSR count). The predicted molar refractivity (Wildman–Crippen MR) is 54.7 cm³/mol. The SMILES string of the molecule is COc1ccc([C@@H]2CNC(=O)CO2)c(F)c1. The number of carbonyl (C=O) groups excluding carboxylic acids is 1. The van der Waals surface area contributed by atoms with Crippen LogP contribution in [0.3, 0.4) is 0 Å². The Balaban J connectivity index is 2.17. The molecule has 1 heterocycles. The second-order valence-corrected chi connectivity index (χ2v) is 3.49. The molecule has 0 radical (unpaired) electrons. The summed E-state index contributed by atoms with van der Waals surface area (Å²) in [4.78, 5) is 10.9. The second-order valence-electron chi connectivity index (χ2n) is 3.49. The molecule has 1 aromatic carbocycles. The van der Waals surface area contributed by atoms with Crippen LogP contribution in [0.4, 0.5) is 4.39 Å². The van der Waals surface area contributed by atoms with Gasteiger partial charge in [-0.2, -0.15) is 0 Å². The van der Waals surface area contributed by atoms with Gasteiger partial charge in [0.25, 0.3) is 0 Å². The van der Waals surface area contributed by atoms with Gasteiger partial charge in [-0.05, 0) is 12.1 Å². The van der Waals surface area contributed by atoms with Crippen molar-refractivity contribution in [1.82, 2.24) is 5.32 Å². The van der Waals surface area contributed by atoms with Gasteiger partial charge < -0.3 is 14.8 Å². The van der Waals surface area contributed by atoms with Crippen molar-refractivity contribution in [2.24, 2.45) is 0 Å². The molecule has 0 aromatic heterocycles. The van der Waals surface area contributed by atoms with Crippen molar-refractivity contribution in [2.45, 2.75) is 6.10 Å². The van der Waals surface area contributed by atoms with Gasteiger partial charge in [0.2, 0.25) is 5.91 Å². The Morgan fingerprint density at radius 1 is 1.56 bits per heavy atom. The third kappa shape index (κ3) is 2.14. The number of carbonyl (C=O) groups is 1. The first kappa shape index (κ1) is 10.9. The Morgan fingerprint density at radius 3 is 2.94 bits per heavy atom. The fraction of sp³-hybridized carbons (Fsp3) is 0.364. The second kappa shape index (κ2) is 4.49. The fourth-order valence-corrected chi connectivity index (χ4v) is 1.59. The summed E-state index contributed by atoms with van der Waals surface area (Å²) in [5.74, 6) is -0.105. The summed E-state index contributed by atoms with van der Waals surface area (Å²) < 4.78 is 23.8. The van der Waals surface area contributed by atoms with E-state index in [1.165, 1.54) is 13.2 Å². The minimum absolute atomic E-state index is 0.0316. The van der Waals surface area contributed by atoms with Crippen LogP contribution >= 0.6 is 0 Å². The third-order valence-electron chi connectivity index (χ3n) is 2.45. The lowest BCUT2D eigenvalue weighted by Gasteiger charge is -2.23. The lowest BCUT2D eigenvalue weighted by molar-refractivity contribution is -0.133. The zero-order chi connectivity index (χ0) is 11.5. The van der Waals surface area contributed by atoms with Crippen LogP contribution in [-0.2, 0) is 9.53 Å². The smallest absolute Gasteiger partial charge is 0.246 e. The number of morpholine rings is 1. The fourth-order valence-electron chi connectivity index (χ4n) is 1.59. The summed E-state index contributed by atoms with van der Waals surface area (Å²) in [7, 11) is 1.48. The van der Waals surface area contributed by atoms with Crippen molar-refractivity contribution in [3.63, 3.8) is 0 Å². The van der Waals surface area contributed by atoms with E-state index in [4.69, 9.17) is 9.47 Å². The first-order valence-electron chi connectivity index (χ1n) is 4.92. The number of methoxy groups -OCH3 is 1.